The van der Waals surface area contributed by atoms with Gasteiger partial charge in [-0.15, -0.1) is 0 Å². The largest absolute Gasteiger partial charge is 0.422 e. The van der Waals surface area contributed by atoms with E-state index in [-0.39, 0.29) is 5.76 Å². The second-order valence-electron chi connectivity index (χ2n) is 6.71. The summed E-state index contributed by atoms with van der Waals surface area (Å²) in [4.78, 5) is 25.2. The zero-order valence-corrected chi connectivity index (χ0v) is 18.2. The molecule has 3 nitrogen and oxygen atoms in total. The number of Topliss-reactive ketones (excluding diaryl/α,β-unsaturated/α-hetero) is 1. The molecular weight excluding hydrogens is 466 g/mol. The van der Waals surface area contributed by atoms with Crippen molar-refractivity contribution in [2.24, 2.45) is 0 Å². The number of allylic oxidation sites excluding steroid dienone is 1. The Morgan fingerprint density at radius 3 is 1.97 bits per heavy atom. The Morgan fingerprint density at radius 1 is 0.733 bits per heavy atom. The summed E-state index contributed by atoms with van der Waals surface area (Å²) in [5.41, 5.74) is 2.76. The van der Waals surface area contributed by atoms with E-state index in [9.17, 15) is 9.59 Å². The summed E-state index contributed by atoms with van der Waals surface area (Å²) in [6, 6.07) is 17.2. The van der Waals surface area contributed by atoms with E-state index < -0.39 is 17.7 Å². The second kappa shape index (κ2) is 8.44. The van der Waals surface area contributed by atoms with Gasteiger partial charge in [0.05, 0.1) is 0 Å². The van der Waals surface area contributed by atoms with Crippen molar-refractivity contribution in [3.8, 4) is 11.1 Å². The summed E-state index contributed by atoms with van der Waals surface area (Å²) in [5.74, 6) is -2.25. The third kappa shape index (κ3) is 4.40. The molecule has 4 rings (SSSR count). The molecule has 0 saturated carbocycles. The Balaban J connectivity index is 1.67. The average molecular weight is 478 g/mol. The van der Waals surface area contributed by atoms with E-state index >= 15 is 0 Å². The van der Waals surface area contributed by atoms with E-state index in [2.05, 4.69) is 0 Å². The standard InChI is InChI=1S/C23H12Cl4O3/c24-16-6-14(7-17(25)10-16)13-3-1-2-12(4-13)5-20-22(28)21(23(29)30-20)15-8-18(26)11-19(27)9-15/h1-11,21H/b20-5-. The van der Waals surface area contributed by atoms with Crippen molar-refractivity contribution in [2.75, 3.05) is 0 Å². The van der Waals surface area contributed by atoms with Crippen molar-refractivity contribution in [1.82, 2.24) is 0 Å². The summed E-state index contributed by atoms with van der Waals surface area (Å²) in [5, 5.41) is 1.71. The molecule has 3 aromatic carbocycles. The number of rotatable bonds is 3. The number of hydrogen-bond acceptors (Lipinski definition) is 3. The van der Waals surface area contributed by atoms with Crippen LogP contribution >= 0.6 is 46.4 Å². The van der Waals surface area contributed by atoms with Crippen molar-refractivity contribution in [2.45, 2.75) is 5.92 Å². The summed E-state index contributed by atoms with van der Waals surface area (Å²) >= 11 is 24.2. The van der Waals surface area contributed by atoms with E-state index in [1.54, 1.807) is 24.3 Å². The van der Waals surface area contributed by atoms with Gasteiger partial charge in [-0.1, -0.05) is 64.6 Å². The molecule has 0 bridgehead atoms. The predicted octanol–water partition coefficient (Wildman–Crippen LogP) is 7.22. The average Bonchev–Trinajstić information content (AvgIpc) is 2.93. The molecule has 1 saturated heterocycles. The summed E-state index contributed by atoms with van der Waals surface area (Å²) < 4.78 is 5.25. The van der Waals surface area contributed by atoms with Crippen molar-refractivity contribution in [3.63, 3.8) is 0 Å². The molecule has 1 unspecified atom stereocenters. The van der Waals surface area contributed by atoms with Crippen molar-refractivity contribution in [1.29, 1.82) is 0 Å². The molecule has 1 fully saturated rings. The van der Waals surface area contributed by atoms with Crippen LogP contribution in [-0.4, -0.2) is 11.8 Å². The fourth-order valence-electron chi connectivity index (χ4n) is 3.28. The number of hydrogen-bond donors (Lipinski definition) is 0. The number of ketones is 1. The topological polar surface area (TPSA) is 43.4 Å². The monoisotopic (exact) mass is 476 g/mol. The maximum atomic E-state index is 12.9. The van der Waals surface area contributed by atoms with Crippen LogP contribution in [0.5, 0.6) is 0 Å². The molecule has 150 valence electrons. The molecular formula is C23H12Cl4O3. The van der Waals surface area contributed by atoms with E-state index in [0.29, 0.717) is 31.2 Å². The minimum Gasteiger partial charge on any atom is -0.422 e. The first-order chi connectivity index (χ1) is 14.3. The number of carbonyl (C=O) groups is 2. The van der Waals surface area contributed by atoms with Crippen LogP contribution in [0.4, 0.5) is 0 Å². The van der Waals surface area contributed by atoms with Crippen molar-refractivity contribution >= 4 is 64.2 Å². The number of ether oxygens (including phenoxy) is 1. The highest BCUT2D eigenvalue weighted by atomic mass is 35.5. The summed E-state index contributed by atoms with van der Waals surface area (Å²) in [7, 11) is 0. The van der Waals surface area contributed by atoms with Crippen LogP contribution in [0.3, 0.4) is 0 Å². The zero-order chi connectivity index (χ0) is 21.4. The van der Waals surface area contributed by atoms with Gasteiger partial charge in [-0.05, 0) is 70.8 Å². The lowest BCUT2D eigenvalue weighted by molar-refractivity contribution is -0.136. The van der Waals surface area contributed by atoms with Gasteiger partial charge < -0.3 is 4.74 Å². The Hall–Kier alpha value is -2.30. The molecule has 1 aliphatic rings. The molecule has 0 spiro atoms. The van der Waals surface area contributed by atoms with Gasteiger partial charge >= 0.3 is 5.97 Å². The molecule has 30 heavy (non-hydrogen) atoms. The number of carbonyl (C=O) groups excluding carboxylic acids is 2. The molecule has 0 aliphatic carbocycles. The lowest BCUT2D eigenvalue weighted by atomic mass is 9.95. The summed E-state index contributed by atoms with van der Waals surface area (Å²) in [6.45, 7) is 0. The quantitative estimate of drug-likeness (QED) is 0.227. The van der Waals surface area contributed by atoms with E-state index in [0.717, 1.165) is 11.1 Å². The molecule has 3 aromatic rings. The van der Waals surface area contributed by atoms with E-state index in [4.69, 9.17) is 51.1 Å². The van der Waals surface area contributed by atoms with Crippen LogP contribution in [0.15, 0.2) is 66.4 Å². The van der Waals surface area contributed by atoms with Crippen LogP contribution in [0, 0.1) is 0 Å². The van der Waals surface area contributed by atoms with E-state index in [1.807, 2.05) is 18.2 Å². The Kier molecular flexibility index (Phi) is 5.90. The molecule has 0 amide bonds. The zero-order valence-electron chi connectivity index (χ0n) is 15.2. The van der Waals surface area contributed by atoms with E-state index in [1.165, 1.54) is 24.3 Å². The van der Waals surface area contributed by atoms with Crippen LogP contribution in [0.25, 0.3) is 17.2 Å². The van der Waals surface area contributed by atoms with Crippen LogP contribution in [-0.2, 0) is 14.3 Å². The normalized spacial score (nSPS) is 17.5. The van der Waals surface area contributed by atoms with Gasteiger partial charge in [0.15, 0.2) is 5.76 Å². The first kappa shape index (κ1) is 21.0. The number of esters is 1. The summed E-state index contributed by atoms with van der Waals surface area (Å²) in [6.07, 6.45) is 1.53. The van der Waals surface area contributed by atoms with Crippen LogP contribution in [0.1, 0.15) is 17.0 Å². The number of halogens is 4. The smallest absolute Gasteiger partial charge is 0.327 e. The SMILES string of the molecule is O=C1O/C(=C\c2cccc(-c3cc(Cl)cc(Cl)c3)c2)C(=O)C1c1cc(Cl)cc(Cl)c1. The van der Waals surface area contributed by atoms with Gasteiger partial charge in [-0.25, -0.2) is 0 Å². The highest BCUT2D eigenvalue weighted by Gasteiger charge is 2.41. The van der Waals surface area contributed by atoms with Crippen LogP contribution in [0.2, 0.25) is 20.1 Å². The molecule has 0 aromatic heterocycles. The Bertz CT molecular complexity index is 1180. The van der Waals surface area contributed by atoms with Gasteiger partial charge in [-0.3, -0.25) is 9.59 Å². The van der Waals surface area contributed by atoms with Gasteiger partial charge in [0.2, 0.25) is 5.78 Å². The predicted molar refractivity (Wildman–Crippen MR) is 120 cm³/mol. The third-order valence-electron chi connectivity index (χ3n) is 4.55. The number of benzene rings is 3. The molecule has 0 radical (unpaired) electrons. The highest BCUT2D eigenvalue weighted by Crippen LogP contribution is 2.34. The minimum absolute atomic E-state index is 0.0395. The maximum absolute atomic E-state index is 12.9. The third-order valence-corrected chi connectivity index (χ3v) is 5.42. The van der Waals surface area contributed by atoms with Gasteiger partial charge in [-0.2, -0.15) is 0 Å². The van der Waals surface area contributed by atoms with Crippen molar-refractivity contribution in [3.05, 3.63) is 97.6 Å². The van der Waals surface area contributed by atoms with Gasteiger partial charge in [0, 0.05) is 20.1 Å². The second-order valence-corrected chi connectivity index (χ2v) is 8.46. The van der Waals surface area contributed by atoms with Crippen molar-refractivity contribution < 1.29 is 14.3 Å². The lowest BCUT2D eigenvalue weighted by Gasteiger charge is -2.06. The van der Waals surface area contributed by atoms with Gasteiger partial charge in [0.1, 0.15) is 5.92 Å². The first-order valence-electron chi connectivity index (χ1n) is 8.80. The van der Waals surface area contributed by atoms with Gasteiger partial charge in [0.25, 0.3) is 0 Å². The number of cyclic esters (lactones) is 1. The minimum atomic E-state index is -1.10. The van der Waals surface area contributed by atoms with Crippen LogP contribution < -0.4 is 0 Å². The fourth-order valence-corrected chi connectivity index (χ4v) is 4.35. The molecule has 0 N–H and O–H groups in total. The fraction of sp³-hybridized carbons (Fsp3) is 0.0435. The lowest BCUT2D eigenvalue weighted by Crippen LogP contribution is -2.12. The Morgan fingerprint density at radius 2 is 1.33 bits per heavy atom. The highest BCUT2D eigenvalue weighted by molar-refractivity contribution is 6.35. The Labute approximate surface area is 192 Å². The molecule has 1 aliphatic heterocycles. The molecule has 7 heteroatoms. The first-order valence-corrected chi connectivity index (χ1v) is 10.3. The maximum Gasteiger partial charge on any atom is 0.327 e. The molecule has 1 heterocycles. The molecule has 1 atom stereocenters.